The molecule has 0 unspecified atom stereocenters. The van der Waals surface area contributed by atoms with Gasteiger partial charge in [0.1, 0.15) is 0 Å². The molecule has 0 aromatic heterocycles. The lowest BCUT2D eigenvalue weighted by molar-refractivity contribution is -0.226. The van der Waals surface area contributed by atoms with Crippen molar-refractivity contribution in [2.24, 2.45) is 0 Å². The van der Waals surface area contributed by atoms with E-state index in [0.29, 0.717) is 26.2 Å². The first-order chi connectivity index (χ1) is 7.65. The van der Waals surface area contributed by atoms with Gasteiger partial charge in [-0.25, -0.2) is 9.59 Å². The van der Waals surface area contributed by atoms with Gasteiger partial charge in [0.05, 0.1) is 26.2 Å². The van der Waals surface area contributed by atoms with Crippen molar-refractivity contribution < 1.29 is 19.3 Å². The first-order valence-corrected chi connectivity index (χ1v) is 4.84. The van der Waals surface area contributed by atoms with E-state index in [1.807, 2.05) is 0 Å². The minimum absolute atomic E-state index is 0.476. The summed E-state index contributed by atoms with van der Waals surface area (Å²) in [6.45, 7) is 8.50. The van der Waals surface area contributed by atoms with Crippen molar-refractivity contribution in [3.8, 4) is 0 Å². The summed E-state index contributed by atoms with van der Waals surface area (Å²) in [5.74, 6) is -0.979. The quantitative estimate of drug-likeness (QED) is 0.623. The van der Waals surface area contributed by atoms with Crippen LogP contribution in [0.4, 0.5) is 0 Å². The Morgan fingerprint density at radius 2 is 1.19 bits per heavy atom. The average molecular weight is 226 g/mol. The fourth-order valence-electron chi connectivity index (χ4n) is 1.18. The Hall–Kier alpha value is -1.66. The Bertz CT molecular complexity index is 265. The third-order valence-electron chi connectivity index (χ3n) is 1.97. The second-order valence-electron chi connectivity index (χ2n) is 3.09. The Morgan fingerprint density at radius 3 is 1.44 bits per heavy atom. The second kappa shape index (κ2) is 6.04. The van der Waals surface area contributed by atoms with E-state index < -0.39 is 11.9 Å². The molecule has 0 saturated carbocycles. The molecule has 1 aliphatic heterocycles. The molecule has 0 spiro atoms. The molecule has 0 aromatic rings. The Morgan fingerprint density at radius 1 is 0.875 bits per heavy atom. The molecular formula is C10H14N2O4. The van der Waals surface area contributed by atoms with E-state index in [4.69, 9.17) is 9.68 Å². The summed E-state index contributed by atoms with van der Waals surface area (Å²) in [5.41, 5.74) is 0. The summed E-state index contributed by atoms with van der Waals surface area (Å²) in [4.78, 5) is 31.6. The Balaban J connectivity index is 2.28. The molecule has 1 aliphatic rings. The van der Waals surface area contributed by atoms with Crippen LogP contribution < -0.4 is 0 Å². The zero-order chi connectivity index (χ0) is 12.0. The molecule has 0 amide bonds. The van der Waals surface area contributed by atoms with E-state index in [2.05, 4.69) is 13.2 Å². The van der Waals surface area contributed by atoms with Crippen LogP contribution in [0, 0.1) is 0 Å². The maximum atomic E-state index is 10.9. The zero-order valence-electron chi connectivity index (χ0n) is 8.92. The van der Waals surface area contributed by atoms with Gasteiger partial charge in [0, 0.05) is 12.2 Å². The standard InChI is InChI=1S/C10H14N2O4/c1-3-9(13)15-11-5-7-12(8-6-11)16-10(14)4-2/h3-4H,1-2,5-8H2. The third-order valence-corrected chi connectivity index (χ3v) is 1.97. The Labute approximate surface area is 93.6 Å². The minimum atomic E-state index is -0.489. The highest BCUT2D eigenvalue weighted by Gasteiger charge is 2.21. The van der Waals surface area contributed by atoms with Crippen LogP contribution in [0.3, 0.4) is 0 Å². The smallest absolute Gasteiger partial charge is 0.349 e. The molecular weight excluding hydrogens is 212 g/mol. The predicted molar refractivity (Wildman–Crippen MR) is 55.7 cm³/mol. The van der Waals surface area contributed by atoms with Crippen LogP contribution in [-0.4, -0.2) is 48.2 Å². The fourth-order valence-corrected chi connectivity index (χ4v) is 1.18. The van der Waals surface area contributed by atoms with Crippen LogP contribution in [-0.2, 0) is 19.3 Å². The second-order valence-corrected chi connectivity index (χ2v) is 3.09. The van der Waals surface area contributed by atoms with Gasteiger partial charge in [0.25, 0.3) is 0 Å². The molecule has 0 aromatic carbocycles. The first-order valence-electron chi connectivity index (χ1n) is 4.84. The molecule has 88 valence electrons. The molecule has 0 bridgehead atoms. The highest BCUT2D eigenvalue weighted by molar-refractivity contribution is 5.81. The zero-order valence-corrected chi connectivity index (χ0v) is 8.92. The van der Waals surface area contributed by atoms with E-state index in [1.165, 1.54) is 10.1 Å². The predicted octanol–water partition coefficient (Wildman–Crippen LogP) is -0.108. The van der Waals surface area contributed by atoms with Gasteiger partial charge in [0.2, 0.25) is 0 Å². The van der Waals surface area contributed by atoms with Crippen molar-refractivity contribution in [1.82, 2.24) is 10.1 Å². The number of carbonyl (C=O) groups excluding carboxylic acids is 2. The first kappa shape index (κ1) is 12.4. The normalized spacial score (nSPS) is 17.5. The molecule has 6 nitrogen and oxygen atoms in total. The number of rotatable bonds is 4. The molecule has 0 radical (unpaired) electrons. The lowest BCUT2D eigenvalue weighted by atomic mass is 10.4. The number of nitrogens with zero attached hydrogens (tertiary/aromatic N) is 2. The van der Waals surface area contributed by atoms with E-state index in [-0.39, 0.29) is 0 Å². The maximum Gasteiger partial charge on any atom is 0.349 e. The van der Waals surface area contributed by atoms with Crippen LogP contribution in [0.25, 0.3) is 0 Å². The molecule has 1 heterocycles. The molecule has 16 heavy (non-hydrogen) atoms. The van der Waals surface area contributed by atoms with E-state index >= 15 is 0 Å². The van der Waals surface area contributed by atoms with Gasteiger partial charge >= 0.3 is 11.9 Å². The summed E-state index contributed by atoms with van der Waals surface area (Å²) < 4.78 is 0. The number of piperazine rings is 1. The van der Waals surface area contributed by atoms with Crippen LogP contribution in [0.1, 0.15) is 0 Å². The van der Waals surface area contributed by atoms with E-state index in [9.17, 15) is 9.59 Å². The van der Waals surface area contributed by atoms with Crippen molar-refractivity contribution >= 4 is 11.9 Å². The van der Waals surface area contributed by atoms with Gasteiger partial charge in [0.15, 0.2) is 0 Å². The number of hydrogen-bond donors (Lipinski definition) is 0. The van der Waals surface area contributed by atoms with Gasteiger partial charge < -0.3 is 9.68 Å². The molecule has 1 fully saturated rings. The van der Waals surface area contributed by atoms with Gasteiger partial charge in [-0.15, -0.1) is 10.1 Å². The van der Waals surface area contributed by atoms with Gasteiger partial charge in [-0.1, -0.05) is 13.2 Å². The molecule has 0 N–H and O–H groups in total. The number of carbonyl (C=O) groups is 2. The summed E-state index contributed by atoms with van der Waals surface area (Å²) in [6.07, 6.45) is 2.20. The van der Waals surface area contributed by atoms with Gasteiger partial charge in [-0.3, -0.25) is 0 Å². The molecule has 1 rings (SSSR count). The maximum absolute atomic E-state index is 10.9. The highest BCUT2D eigenvalue weighted by Crippen LogP contribution is 2.03. The van der Waals surface area contributed by atoms with Crippen LogP contribution in [0.15, 0.2) is 25.3 Å². The lowest BCUT2D eigenvalue weighted by Gasteiger charge is -2.31. The van der Waals surface area contributed by atoms with Crippen molar-refractivity contribution in [2.75, 3.05) is 26.2 Å². The van der Waals surface area contributed by atoms with Crippen LogP contribution >= 0.6 is 0 Å². The van der Waals surface area contributed by atoms with E-state index in [0.717, 1.165) is 12.2 Å². The summed E-state index contributed by atoms with van der Waals surface area (Å²) in [6, 6.07) is 0. The average Bonchev–Trinajstić information content (AvgIpc) is 2.31. The number of hydrogen-bond acceptors (Lipinski definition) is 6. The van der Waals surface area contributed by atoms with Crippen LogP contribution in [0.2, 0.25) is 0 Å². The van der Waals surface area contributed by atoms with Crippen molar-refractivity contribution in [2.45, 2.75) is 0 Å². The minimum Gasteiger partial charge on any atom is -0.364 e. The SMILES string of the molecule is C=CC(=O)ON1CCN(OC(=O)C=C)CC1. The van der Waals surface area contributed by atoms with Crippen LogP contribution in [0.5, 0.6) is 0 Å². The molecule has 0 atom stereocenters. The van der Waals surface area contributed by atoms with Gasteiger partial charge in [-0.2, -0.15) is 0 Å². The largest absolute Gasteiger partial charge is 0.364 e. The van der Waals surface area contributed by atoms with Crippen molar-refractivity contribution in [1.29, 1.82) is 0 Å². The summed E-state index contributed by atoms with van der Waals surface area (Å²) in [5, 5.41) is 3.00. The molecule has 6 heteroatoms. The summed E-state index contributed by atoms with van der Waals surface area (Å²) >= 11 is 0. The molecule has 1 saturated heterocycles. The topological polar surface area (TPSA) is 59.1 Å². The fraction of sp³-hybridized carbons (Fsp3) is 0.400. The van der Waals surface area contributed by atoms with Crippen molar-refractivity contribution in [3.63, 3.8) is 0 Å². The lowest BCUT2D eigenvalue weighted by Crippen LogP contribution is -2.47. The van der Waals surface area contributed by atoms with Gasteiger partial charge in [-0.05, 0) is 0 Å². The van der Waals surface area contributed by atoms with E-state index in [1.54, 1.807) is 0 Å². The monoisotopic (exact) mass is 226 g/mol. The number of hydroxylamine groups is 4. The summed E-state index contributed by atoms with van der Waals surface area (Å²) in [7, 11) is 0. The highest BCUT2D eigenvalue weighted by atomic mass is 16.7. The molecule has 0 aliphatic carbocycles. The Kier molecular flexibility index (Phi) is 4.68. The third kappa shape index (κ3) is 3.84. The van der Waals surface area contributed by atoms with Crippen molar-refractivity contribution in [3.05, 3.63) is 25.3 Å².